The van der Waals surface area contributed by atoms with E-state index in [9.17, 15) is 0 Å². The van der Waals surface area contributed by atoms with Gasteiger partial charge in [-0.2, -0.15) is 0 Å². The molecule has 0 atom stereocenters. The molecule has 4 nitrogen and oxygen atoms in total. The number of rotatable bonds is 6. The molecular formula is C11H19N3O. The molecule has 1 aromatic heterocycles. The van der Waals surface area contributed by atoms with E-state index in [-0.39, 0.29) is 0 Å². The monoisotopic (exact) mass is 209 g/mol. The fraction of sp³-hybridized carbons (Fsp3) is 0.636. The molecule has 0 radical (unpaired) electrons. The Bertz CT molecular complexity index is 302. The summed E-state index contributed by atoms with van der Waals surface area (Å²) in [5, 5.41) is 3.08. The van der Waals surface area contributed by atoms with Crippen LogP contribution < -0.4 is 10.1 Å². The summed E-state index contributed by atoms with van der Waals surface area (Å²) >= 11 is 0. The van der Waals surface area contributed by atoms with E-state index in [1.807, 2.05) is 20.2 Å². The Kier molecular flexibility index (Phi) is 5.04. The lowest BCUT2D eigenvalue weighted by Gasteiger charge is -2.07. The van der Waals surface area contributed by atoms with Crippen LogP contribution in [0.4, 0.5) is 0 Å². The van der Waals surface area contributed by atoms with Crippen LogP contribution in [0.3, 0.4) is 0 Å². The van der Waals surface area contributed by atoms with Gasteiger partial charge in [0.05, 0.1) is 6.61 Å². The largest absolute Gasteiger partial charge is 0.463 e. The maximum absolute atomic E-state index is 5.42. The predicted molar refractivity (Wildman–Crippen MR) is 59.9 cm³/mol. The number of hydrogen-bond donors (Lipinski definition) is 1. The molecule has 0 spiro atoms. The molecule has 0 aliphatic carbocycles. The number of hydrogen-bond acceptors (Lipinski definition) is 4. The number of aryl methyl sites for hydroxylation is 1. The van der Waals surface area contributed by atoms with Gasteiger partial charge in [0.25, 0.3) is 0 Å². The van der Waals surface area contributed by atoms with Crippen molar-refractivity contribution in [2.75, 3.05) is 13.7 Å². The summed E-state index contributed by atoms with van der Waals surface area (Å²) in [7, 11) is 1.91. The maximum Gasteiger partial charge on any atom is 0.316 e. The summed E-state index contributed by atoms with van der Waals surface area (Å²) in [6.07, 6.45) is 3.98. The second-order valence-corrected chi connectivity index (χ2v) is 3.50. The third-order valence-electron chi connectivity index (χ3n) is 2.16. The van der Waals surface area contributed by atoms with Gasteiger partial charge in [-0.3, -0.25) is 0 Å². The van der Waals surface area contributed by atoms with Crippen molar-refractivity contribution < 1.29 is 4.74 Å². The molecule has 0 saturated carbocycles. The van der Waals surface area contributed by atoms with E-state index in [0.717, 1.165) is 30.6 Å². The van der Waals surface area contributed by atoms with Crippen LogP contribution in [0.1, 0.15) is 31.0 Å². The van der Waals surface area contributed by atoms with Gasteiger partial charge in [-0.1, -0.05) is 13.3 Å². The summed E-state index contributed by atoms with van der Waals surface area (Å²) in [5.41, 5.74) is 2.09. The molecule has 0 bridgehead atoms. The molecule has 4 heteroatoms. The molecule has 0 saturated heterocycles. The van der Waals surface area contributed by atoms with Crippen molar-refractivity contribution in [2.45, 2.75) is 33.2 Å². The van der Waals surface area contributed by atoms with E-state index in [4.69, 9.17) is 4.74 Å². The molecule has 1 rings (SSSR count). The fourth-order valence-electron chi connectivity index (χ4n) is 1.21. The second kappa shape index (κ2) is 6.35. The summed E-state index contributed by atoms with van der Waals surface area (Å²) in [5.74, 6) is 0. The van der Waals surface area contributed by atoms with E-state index in [2.05, 4.69) is 22.2 Å². The average molecular weight is 209 g/mol. The first-order valence-corrected chi connectivity index (χ1v) is 5.37. The smallest absolute Gasteiger partial charge is 0.316 e. The van der Waals surface area contributed by atoms with Crippen LogP contribution in [-0.2, 0) is 6.54 Å². The van der Waals surface area contributed by atoms with Crippen LogP contribution in [0.15, 0.2) is 6.20 Å². The van der Waals surface area contributed by atoms with Gasteiger partial charge in [0.2, 0.25) is 0 Å². The van der Waals surface area contributed by atoms with Gasteiger partial charge in [0, 0.05) is 24.0 Å². The SMILES string of the molecule is CCCCOc1ncc(CNC)c(C)n1. The predicted octanol–water partition coefficient (Wildman–Crippen LogP) is 1.68. The van der Waals surface area contributed by atoms with Crippen LogP contribution in [0.2, 0.25) is 0 Å². The van der Waals surface area contributed by atoms with Gasteiger partial charge in [0.1, 0.15) is 0 Å². The van der Waals surface area contributed by atoms with E-state index >= 15 is 0 Å². The van der Waals surface area contributed by atoms with Gasteiger partial charge in [-0.25, -0.2) is 9.97 Å². The number of aromatic nitrogens is 2. The molecule has 0 fully saturated rings. The molecule has 1 N–H and O–H groups in total. The maximum atomic E-state index is 5.42. The van der Waals surface area contributed by atoms with Gasteiger partial charge >= 0.3 is 6.01 Å². The van der Waals surface area contributed by atoms with E-state index in [1.54, 1.807) is 0 Å². The molecule has 0 aliphatic rings. The third-order valence-corrected chi connectivity index (χ3v) is 2.16. The van der Waals surface area contributed by atoms with Gasteiger partial charge in [-0.15, -0.1) is 0 Å². The molecule has 84 valence electrons. The normalized spacial score (nSPS) is 10.3. The molecule has 0 unspecified atom stereocenters. The minimum Gasteiger partial charge on any atom is -0.463 e. The van der Waals surface area contributed by atoms with E-state index in [0.29, 0.717) is 12.6 Å². The minimum absolute atomic E-state index is 0.487. The number of unbranched alkanes of at least 4 members (excludes halogenated alkanes) is 1. The number of nitrogens with zero attached hydrogens (tertiary/aromatic N) is 2. The molecule has 0 aromatic carbocycles. The Morgan fingerprint density at radius 3 is 2.87 bits per heavy atom. The fourth-order valence-corrected chi connectivity index (χ4v) is 1.21. The van der Waals surface area contributed by atoms with E-state index < -0.39 is 0 Å². The lowest BCUT2D eigenvalue weighted by atomic mass is 10.2. The van der Waals surface area contributed by atoms with Crippen molar-refractivity contribution in [2.24, 2.45) is 0 Å². The summed E-state index contributed by atoms with van der Waals surface area (Å²) in [6.45, 7) is 5.59. The number of nitrogens with one attached hydrogen (secondary N) is 1. The summed E-state index contributed by atoms with van der Waals surface area (Å²) < 4.78 is 5.42. The average Bonchev–Trinajstić information content (AvgIpc) is 2.23. The lowest BCUT2D eigenvalue weighted by molar-refractivity contribution is 0.284. The number of ether oxygens (including phenoxy) is 1. The Labute approximate surface area is 91.1 Å². The first-order valence-electron chi connectivity index (χ1n) is 5.37. The van der Waals surface area contributed by atoms with Gasteiger partial charge in [0.15, 0.2) is 0 Å². The zero-order chi connectivity index (χ0) is 11.1. The van der Waals surface area contributed by atoms with Crippen molar-refractivity contribution >= 4 is 0 Å². The van der Waals surface area contributed by atoms with Crippen molar-refractivity contribution in [1.82, 2.24) is 15.3 Å². The highest BCUT2D eigenvalue weighted by Gasteiger charge is 2.02. The van der Waals surface area contributed by atoms with Gasteiger partial charge in [-0.05, 0) is 20.4 Å². The highest BCUT2D eigenvalue weighted by molar-refractivity contribution is 5.17. The quantitative estimate of drug-likeness (QED) is 0.724. The van der Waals surface area contributed by atoms with Crippen molar-refractivity contribution in [3.63, 3.8) is 0 Å². The van der Waals surface area contributed by atoms with Crippen LogP contribution in [-0.4, -0.2) is 23.6 Å². The van der Waals surface area contributed by atoms with Crippen LogP contribution in [0.5, 0.6) is 6.01 Å². The summed E-state index contributed by atoms with van der Waals surface area (Å²) in [6, 6.07) is 0.487. The molecule has 1 heterocycles. The summed E-state index contributed by atoms with van der Waals surface area (Å²) in [4.78, 5) is 8.45. The van der Waals surface area contributed by atoms with Crippen LogP contribution >= 0.6 is 0 Å². The van der Waals surface area contributed by atoms with Crippen LogP contribution in [0, 0.1) is 6.92 Å². The Morgan fingerprint density at radius 2 is 2.27 bits per heavy atom. The Morgan fingerprint density at radius 1 is 1.47 bits per heavy atom. The Hall–Kier alpha value is -1.16. The highest BCUT2D eigenvalue weighted by atomic mass is 16.5. The van der Waals surface area contributed by atoms with Crippen molar-refractivity contribution in [3.05, 3.63) is 17.5 Å². The topological polar surface area (TPSA) is 47.0 Å². The standard InChI is InChI=1S/C11H19N3O/c1-4-5-6-15-11-13-8-10(7-12-3)9(2)14-11/h8,12H,4-7H2,1-3H3. The first-order chi connectivity index (χ1) is 7.27. The van der Waals surface area contributed by atoms with E-state index in [1.165, 1.54) is 0 Å². The molecular weight excluding hydrogens is 190 g/mol. The van der Waals surface area contributed by atoms with Crippen molar-refractivity contribution in [1.29, 1.82) is 0 Å². The zero-order valence-corrected chi connectivity index (χ0v) is 9.71. The van der Waals surface area contributed by atoms with Crippen molar-refractivity contribution in [3.8, 4) is 6.01 Å². The zero-order valence-electron chi connectivity index (χ0n) is 9.71. The minimum atomic E-state index is 0.487. The second-order valence-electron chi connectivity index (χ2n) is 3.50. The molecule has 0 aliphatic heterocycles. The molecule has 0 amide bonds. The lowest BCUT2D eigenvalue weighted by Crippen LogP contribution is -2.09. The Balaban J connectivity index is 2.56. The molecule has 15 heavy (non-hydrogen) atoms. The van der Waals surface area contributed by atoms with Gasteiger partial charge < -0.3 is 10.1 Å². The van der Waals surface area contributed by atoms with Crippen LogP contribution in [0.25, 0.3) is 0 Å². The third kappa shape index (κ3) is 3.83. The first kappa shape index (κ1) is 11.9. The molecule has 1 aromatic rings. The highest BCUT2D eigenvalue weighted by Crippen LogP contribution is 2.08.